The van der Waals surface area contributed by atoms with Gasteiger partial charge in [-0.1, -0.05) is 0 Å². The second kappa shape index (κ2) is 5.92. The van der Waals surface area contributed by atoms with Crippen molar-refractivity contribution < 1.29 is 8.42 Å². The minimum Gasteiger partial charge on any atom is -0.262 e. The summed E-state index contributed by atoms with van der Waals surface area (Å²) in [6.45, 7) is 0.381. The third-order valence-electron chi connectivity index (χ3n) is 2.28. The van der Waals surface area contributed by atoms with Crippen LogP contribution in [-0.2, 0) is 16.4 Å². The Kier molecular flexibility index (Phi) is 4.50. The number of hydrogen-bond acceptors (Lipinski definition) is 4. The average molecular weight is 347 g/mol. The zero-order valence-electron chi connectivity index (χ0n) is 9.34. The molecule has 18 heavy (non-hydrogen) atoms. The molecular weight excluding hydrogens is 336 g/mol. The van der Waals surface area contributed by atoms with Gasteiger partial charge in [0.25, 0.3) is 0 Å². The van der Waals surface area contributed by atoms with Crippen molar-refractivity contribution in [2.24, 2.45) is 0 Å². The molecule has 2 aromatic rings. The zero-order valence-corrected chi connectivity index (χ0v) is 12.6. The predicted molar refractivity (Wildman–Crippen MR) is 75.1 cm³/mol. The first-order valence-electron chi connectivity index (χ1n) is 5.19. The highest BCUT2D eigenvalue weighted by Gasteiger charge is 2.13. The molecule has 0 spiro atoms. The SMILES string of the molecule is O=S(=O)(NCCc1ccsc1)c1cncc(Br)c1. The van der Waals surface area contributed by atoms with Crippen molar-refractivity contribution in [3.8, 4) is 0 Å². The third kappa shape index (κ3) is 3.61. The summed E-state index contributed by atoms with van der Waals surface area (Å²) in [7, 11) is -3.48. The van der Waals surface area contributed by atoms with Crippen LogP contribution in [-0.4, -0.2) is 19.9 Å². The molecule has 0 aliphatic rings. The van der Waals surface area contributed by atoms with E-state index in [0.717, 1.165) is 5.56 Å². The van der Waals surface area contributed by atoms with Crippen LogP contribution in [0.3, 0.4) is 0 Å². The first-order valence-corrected chi connectivity index (χ1v) is 8.41. The van der Waals surface area contributed by atoms with Gasteiger partial charge >= 0.3 is 0 Å². The lowest BCUT2D eigenvalue weighted by molar-refractivity contribution is 0.581. The van der Waals surface area contributed by atoms with Gasteiger partial charge in [-0.3, -0.25) is 4.98 Å². The molecule has 96 valence electrons. The van der Waals surface area contributed by atoms with Crippen LogP contribution in [0.4, 0.5) is 0 Å². The van der Waals surface area contributed by atoms with E-state index in [-0.39, 0.29) is 4.90 Å². The molecule has 0 unspecified atom stereocenters. The van der Waals surface area contributed by atoms with E-state index in [4.69, 9.17) is 0 Å². The Morgan fingerprint density at radius 1 is 1.39 bits per heavy atom. The molecule has 0 radical (unpaired) electrons. The van der Waals surface area contributed by atoms with Crippen LogP contribution in [0.25, 0.3) is 0 Å². The molecule has 0 aliphatic heterocycles. The number of aromatic nitrogens is 1. The number of nitrogens with one attached hydrogen (secondary N) is 1. The average Bonchev–Trinajstić information content (AvgIpc) is 2.82. The van der Waals surface area contributed by atoms with Gasteiger partial charge in [-0.25, -0.2) is 13.1 Å². The van der Waals surface area contributed by atoms with E-state index >= 15 is 0 Å². The number of nitrogens with zero attached hydrogens (tertiary/aromatic N) is 1. The molecule has 7 heteroatoms. The van der Waals surface area contributed by atoms with Crippen LogP contribution < -0.4 is 4.72 Å². The van der Waals surface area contributed by atoms with Gasteiger partial charge in [0.1, 0.15) is 4.90 Å². The molecule has 0 aliphatic carbocycles. The van der Waals surface area contributed by atoms with Crippen LogP contribution in [0.15, 0.2) is 44.7 Å². The predicted octanol–water partition coefficient (Wildman–Crippen LogP) is 2.43. The largest absolute Gasteiger partial charge is 0.262 e. The van der Waals surface area contributed by atoms with E-state index < -0.39 is 10.0 Å². The Morgan fingerprint density at radius 2 is 2.22 bits per heavy atom. The molecule has 2 aromatic heterocycles. The molecule has 1 N–H and O–H groups in total. The summed E-state index contributed by atoms with van der Waals surface area (Å²) < 4.78 is 27.1. The van der Waals surface area contributed by atoms with Crippen molar-refractivity contribution in [3.63, 3.8) is 0 Å². The number of sulfonamides is 1. The summed E-state index contributed by atoms with van der Waals surface area (Å²) in [5.41, 5.74) is 1.13. The molecule has 0 bridgehead atoms. The molecule has 0 saturated heterocycles. The van der Waals surface area contributed by atoms with Gasteiger partial charge in [0.05, 0.1) is 0 Å². The summed E-state index contributed by atoms with van der Waals surface area (Å²) in [5, 5.41) is 3.98. The minimum atomic E-state index is -3.48. The smallest absolute Gasteiger partial charge is 0.242 e. The third-order valence-corrected chi connectivity index (χ3v) is 4.87. The Bertz CT molecular complexity index is 612. The molecule has 2 heterocycles. The van der Waals surface area contributed by atoms with Crippen molar-refractivity contribution in [1.82, 2.24) is 9.71 Å². The van der Waals surface area contributed by atoms with Crippen LogP contribution in [0.5, 0.6) is 0 Å². The highest BCUT2D eigenvalue weighted by molar-refractivity contribution is 9.10. The summed E-state index contributed by atoms with van der Waals surface area (Å²) in [5.74, 6) is 0. The Balaban J connectivity index is 1.99. The molecule has 0 saturated carbocycles. The highest BCUT2D eigenvalue weighted by Crippen LogP contribution is 2.14. The quantitative estimate of drug-likeness (QED) is 0.904. The van der Waals surface area contributed by atoms with E-state index in [2.05, 4.69) is 25.6 Å². The molecule has 0 amide bonds. The van der Waals surface area contributed by atoms with E-state index in [0.29, 0.717) is 17.4 Å². The molecular formula is C11H11BrN2O2S2. The maximum absolute atomic E-state index is 11.9. The van der Waals surface area contributed by atoms with Crippen molar-refractivity contribution in [2.75, 3.05) is 6.54 Å². The second-order valence-electron chi connectivity index (χ2n) is 3.62. The lowest BCUT2D eigenvalue weighted by Crippen LogP contribution is -2.26. The van der Waals surface area contributed by atoms with Crippen molar-refractivity contribution in [3.05, 3.63) is 45.3 Å². The molecule has 2 rings (SSSR count). The number of pyridine rings is 1. The van der Waals surface area contributed by atoms with E-state index in [1.54, 1.807) is 17.5 Å². The standard InChI is InChI=1S/C11H11BrN2O2S2/c12-10-5-11(7-13-6-10)18(15,16)14-3-1-9-2-4-17-8-9/h2,4-8,14H,1,3H2. The molecule has 4 nitrogen and oxygen atoms in total. The van der Waals surface area contributed by atoms with E-state index in [1.807, 2.05) is 16.8 Å². The zero-order chi connectivity index (χ0) is 13.0. The van der Waals surface area contributed by atoms with Crippen LogP contribution in [0.2, 0.25) is 0 Å². The summed E-state index contributed by atoms with van der Waals surface area (Å²) in [4.78, 5) is 4.01. The number of thiophene rings is 1. The van der Waals surface area contributed by atoms with Gasteiger partial charge in [0.2, 0.25) is 10.0 Å². The second-order valence-corrected chi connectivity index (χ2v) is 7.08. The van der Waals surface area contributed by atoms with E-state index in [1.165, 1.54) is 12.3 Å². The van der Waals surface area contributed by atoms with Gasteiger partial charge in [-0.2, -0.15) is 11.3 Å². The number of hydrogen-bond donors (Lipinski definition) is 1. The van der Waals surface area contributed by atoms with E-state index in [9.17, 15) is 8.42 Å². The van der Waals surface area contributed by atoms with Gasteiger partial charge in [0, 0.05) is 23.4 Å². The Labute approximate surface area is 118 Å². The van der Waals surface area contributed by atoms with Crippen molar-refractivity contribution >= 4 is 37.3 Å². The fourth-order valence-electron chi connectivity index (χ4n) is 1.39. The first-order chi connectivity index (χ1) is 8.58. The van der Waals surface area contributed by atoms with Crippen molar-refractivity contribution in [1.29, 1.82) is 0 Å². The molecule has 0 fully saturated rings. The normalized spacial score (nSPS) is 11.6. The van der Waals surface area contributed by atoms with Gasteiger partial charge < -0.3 is 0 Å². The first kappa shape index (κ1) is 13.7. The summed E-state index contributed by atoms with van der Waals surface area (Å²) in [6, 6.07) is 3.51. The Morgan fingerprint density at radius 3 is 2.89 bits per heavy atom. The van der Waals surface area contributed by atoms with Gasteiger partial charge in [-0.05, 0) is 50.8 Å². The maximum atomic E-state index is 11.9. The van der Waals surface area contributed by atoms with Crippen LogP contribution >= 0.6 is 27.3 Å². The molecule has 0 atom stereocenters. The minimum absolute atomic E-state index is 0.169. The summed E-state index contributed by atoms with van der Waals surface area (Å²) >= 11 is 4.80. The summed E-state index contributed by atoms with van der Waals surface area (Å²) in [6.07, 6.45) is 3.56. The fourth-order valence-corrected chi connectivity index (χ4v) is 3.63. The maximum Gasteiger partial charge on any atom is 0.242 e. The van der Waals surface area contributed by atoms with Crippen LogP contribution in [0, 0.1) is 0 Å². The lowest BCUT2D eigenvalue weighted by atomic mass is 10.2. The van der Waals surface area contributed by atoms with Crippen molar-refractivity contribution in [2.45, 2.75) is 11.3 Å². The fraction of sp³-hybridized carbons (Fsp3) is 0.182. The highest BCUT2D eigenvalue weighted by atomic mass is 79.9. The van der Waals surface area contributed by atoms with Gasteiger partial charge in [-0.15, -0.1) is 0 Å². The van der Waals surface area contributed by atoms with Crippen LogP contribution in [0.1, 0.15) is 5.56 Å². The number of halogens is 1. The number of rotatable bonds is 5. The van der Waals surface area contributed by atoms with Gasteiger partial charge in [0.15, 0.2) is 0 Å². The topological polar surface area (TPSA) is 59.1 Å². The lowest BCUT2D eigenvalue weighted by Gasteiger charge is -2.05. The monoisotopic (exact) mass is 346 g/mol. The molecule has 0 aromatic carbocycles. The Hall–Kier alpha value is -0.760.